The Bertz CT molecular complexity index is 929. The molecule has 0 saturated heterocycles. The van der Waals surface area contributed by atoms with Crippen molar-refractivity contribution in [2.75, 3.05) is 5.32 Å². The highest BCUT2D eigenvalue weighted by Crippen LogP contribution is 2.30. The lowest BCUT2D eigenvalue weighted by molar-refractivity contribution is -0.384. The van der Waals surface area contributed by atoms with Crippen LogP contribution >= 0.6 is 0 Å². The van der Waals surface area contributed by atoms with Crippen LogP contribution < -0.4 is 10.7 Å². The molecule has 146 valence electrons. The van der Waals surface area contributed by atoms with Crippen LogP contribution in [0.3, 0.4) is 0 Å². The summed E-state index contributed by atoms with van der Waals surface area (Å²) in [5, 5.41) is 16.4. The van der Waals surface area contributed by atoms with E-state index in [1.807, 2.05) is 0 Å². The van der Waals surface area contributed by atoms with Crippen molar-refractivity contribution in [1.29, 1.82) is 0 Å². The van der Waals surface area contributed by atoms with Gasteiger partial charge in [0.05, 0.1) is 16.7 Å². The summed E-state index contributed by atoms with van der Waals surface area (Å²) in [6.07, 6.45) is -4.09. The summed E-state index contributed by atoms with van der Waals surface area (Å²) in [7, 11) is 0. The highest BCUT2D eigenvalue weighted by atomic mass is 19.4. The van der Waals surface area contributed by atoms with E-state index < -0.39 is 34.9 Å². The molecule has 2 amide bonds. The number of carbonyl (C=O) groups is 2. The van der Waals surface area contributed by atoms with E-state index in [1.54, 1.807) is 0 Å². The zero-order valence-electron chi connectivity index (χ0n) is 14.1. The maximum Gasteiger partial charge on any atom is 0.416 e. The van der Waals surface area contributed by atoms with Gasteiger partial charge in [0.25, 0.3) is 5.69 Å². The van der Waals surface area contributed by atoms with Crippen LogP contribution in [0.15, 0.2) is 53.6 Å². The molecule has 0 saturated carbocycles. The van der Waals surface area contributed by atoms with Gasteiger partial charge in [-0.2, -0.15) is 18.3 Å². The van der Waals surface area contributed by atoms with Crippen LogP contribution in [-0.2, 0) is 15.8 Å². The Kier molecular flexibility index (Phi) is 6.42. The summed E-state index contributed by atoms with van der Waals surface area (Å²) in [6.45, 7) is 0. The topological polar surface area (TPSA) is 114 Å². The summed E-state index contributed by atoms with van der Waals surface area (Å²) in [5.41, 5.74) is 1.21. The molecule has 0 aromatic heterocycles. The van der Waals surface area contributed by atoms with Crippen molar-refractivity contribution in [2.24, 2.45) is 5.10 Å². The van der Waals surface area contributed by atoms with E-state index in [0.717, 1.165) is 24.4 Å². The second-order valence-corrected chi connectivity index (χ2v) is 5.45. The van der Waals surface area contributed by atoms with Gasteiger partial charge in [-0.05, 0) is 18.2 Å². The average molecular weight is 394 g/mol. The molecule has 0 fully saturated rings. The first-order valence-electron chi connectivity index (χ1n) is 7.68. The van der Waals surface area contributed by atoms with Crippen LogP contribution in [0.4, 0.5) is 24.5 Å². The fourth-order valence-corrected chi connectivity index (χ4v) is 2.06. The van der Waals surface area contributed by atoms with Crippen molar-refractivity contribution in [3.05, 3.63) is 69.8 Å². The van der Waals surface area contributed by atoms with E-state index in [1.165, 1.54) is 30.3 Å². The molecule has 0 aliphatic rings. The lowest BCUT2D eigenvalue weighted by Gasteiger charge is -2.09. The van der Waals surface area contributed by atoms with Gasteiger partial charge in [-0.3, -0.25) is 19.7 Å². The zero-order valence-corrected chi connectivity index (χ0v) is 14.1. The van der Waals surface area contributed by atoms with E-state index in [-0.39, 0.29) is 11.4 Å². The van der Waals surface area contributed by atoms with E-state index in [0.29, 0.717) is 5.56 Å². The number of hydrogen-bond donors (Lipinski definition) is 2. The molecule has 8 nitrogen and oxygen atoms in total. The van der Waals surface area contributed by atoms with Crippen molar-refractivity contribution >= 4 is 29.4 Å². The summed E-state index contributed by atoms with van der Waals surface area (Å²) in [6, 6.07) is 9.45. The largest absolute Gasteiger partial charge is 0.416 e. The first-order valence-corrected chi connectivity index (χ1v) is 7.68. The first-order chi connectivity index (χ1) is 13.1. The van der Waals surface area contributed by atoms with Crippen molar-refractivity contribution in [3.63, 3.8) is 0 Å². The van der Waals surface area contributed by atoms with Gasteiger partial charge in [-0.1, -0.05) is 18.2 Å². The van der Waals surface area contributed by atoms with E-state index in [4.69, 9.17) is 0 Å². The SMILES string of the molecule is O=C(CC(=O)Nc1cccc(C(F)(F)F)c1)N/N=C\c1cccc([N+](=O)[O-])c1. The minimum atomic E-state index is -4.56. The molecule has 2 aromatic carbocycles. The molecule has 2 N–H and O–H groups in total. The van der Waals surface area contributed by atoms with Gasteiger partial charge in [0, 0.05) is 23.4 Å². The molecule has 28 heavy (non-hydrogen) atoms. The number of benzene rings is 2. The number of anilines is 1. The maximum absolute atomic E-state index is 12.6. The summed E-state index contributed by atoms with van der Waals surface area (Å²) >= 11 is 0. The molecule has 0 aliphatic heterocycles. The number of carbonyl (C=O) groups excluding carboxylic acids is 2. The standard InChI is InChI=1S/C17H13F3N4O4/c18-17(19,20)12-4-2-5-13(8-12)22-15(25)9-16(26)23-21-10-11-3-1-6-14(7-11)24(27)28/h1-8,10H,9H2,(H,22,25)(H,23,26)/b21-10-. The lowest BCUT2D eigenvalue weighted by atomic mass is 10.2. The van der Waals surface area contributed by atoms with Crippen LogP contribution in [-0.4, -0.2) is 23.0 Å². The van der Waals surface area contributed by atoms with Crippen molar-refractivity contribution in [2.45, 2.75) is 12.6 Å². The minimum absolute atomic E-state index is 0.104. The summed E-state index contributed by atoms with van der Waals surface area (Å²) in [4.78, 5) is 33.5. The van der Waals surface area contributed by atoms with Crippen LogP contribution in [0.1, 0.15) is 17.5 Å². The number of non-ortho nitro benzene ring substituents is 1. The Hall–Kier alpha value is -3.76. The maximum atomic E-state index is 12.6. The lowest BCUT2D eigenvalue weighted by Crippen LogP contribution is -2.24. The molecule has 0 bridgehead atoms. The molecular weight excluding hydrogens is 381 g/mol. The van der Waals surface area contributed by atoms with Gasteiger partial charge in [-0.25, -0.2) is 5.43 Å². The Morgan fingerprint density at radius 2 is 1.82 bits per heavy atom. The van der Waals surface area contributed by atoms with E-state index in [9.17, 15) is 32.9 Å². The molecule has 0 atom stereocenters. The van der Waals surface area contributed by atoms with E-state index in [2.05, 4.69) is 15.8 Å². The fraction of sp³-hybridized carbons (Fsp3) is 0.118. The predicted molar refractivity (Wildman–Crippen MR) is 93.5 cm³/mol. The molecule has 0 aliphatic carbocycles. The van der Waals surface area contributed by atoms with Gasteiger partial charge in [0.2, 0.25) is 11.8 Å². The average Bonchev–Trinajstić information content (AvgIpc) is 2.61. The molecule has 2 aromatic rings. The van der Waals surface area contributed by atoms with Crippen LogP contribution in [0.25, 0.3) is 0 Å². The summed E-state index contributed by atoms with van der Waals surface area (Å²) in [5.74, 6) is -1.64. The van der Waals surface area contributed by atoms with Gasteiger partial charge < -0.3 is 5.32 Å². The number of alkyl halides is 3. The summed E-state index contributed by atoms with van der Waals surface area (Å²) < 4.78 is 37.9. The third-order valence-electron chi connectivity index (χ3n) is 3.28. The van der Waals surface area contributed by atoms with Crippen LogP contribution in [0.2, 0.25) is 0 Å². The monoisotopic (exact) mass is 394 g/mol. The highest BCUT2D eigenvalue weighted by molar-refractivity contribution is 6.03. The highest BCUT2D eigenvalue weighted by Gasteiger charge is 2.30. The Balaban J connectivity index is 1.88. The zero-order chi connectivity index (χ0) is 20.7. The molecule has 0 radical (unpaired) electrons. The third-order valence-corrected chi connectivity index (χ3v) is 3.28. The number of hydrazone groups is 1. The molecule has 0 unspecified atom stereocenters. The number of nitrogens with zero attached hydrogens (tertiary/aromatic N) is 2. The number of amides is 2. The number of rotatable bonds is 6. The van der Waals surface area contributed by atoms with Crippen molar-refractivity contribution in [3.8, 4) is 0 Å². The number of halogens is 3. The second kappa shape index (κ2) is 8.75. The Morgan fingerprint density at radius 1 is 1.11 bits per heavy atom. The van der Waals surface area contributed by atoms with Crippen LogP contribution in [0, 0.1) is 10.1 Å². The number of nitro benzene ring substituents is 1. The smallest absolute Gasteiger partial charge is 0.326 e. The van der Waals surface area contributed by atoms with Gasteiger partial charge >= 0.3 is 6.18 Å². The first kappa shape index (κ1) is 20.6. The third kappa shape index (κ3) is 6.20. The van der Waals surface area contributed by atoms with Gasteiger partial charge in [0.1, 0.15) is 6.42 Å². The molecule has 2 rings (SSSR count). The minimum Gasteiger partial charge on any atom is -0.326 e. The van der Waals surface area contributed by atoms with Crippen molar-refractivity contribution in [1.82, 2.24) is 5.43 Å². The van der Waals surface area contributed by atoms with E-state index >= 15 is 0 Å². The normalized spacial score (nSPS) is 11.2. The Morgan fingerprint density at radius 3 is 2.50 bits per heavy atom. The second-order valence-electron chi connectivity index (χ2n) is 5.45. The predicted octanol–water partition coefficient (Wildman–Crippen LogP) is 3.09. The molecule has 0 spiro atoms. The Labute approximate surface area is 156 Å². The van der Waals surface area contributed by atoms with Gasteiger partial charge in [-0.15, -0.1) is 0 Å². The van der Waals surface area contributed by atoms with Crippen LogP contribution in [0.5, 0.6) is 0 Å². The number of nitro groups is 1. The fourth-order valence-electron chi connectivity index (χ4n) is 2.06. The quantitative estimate of drug-likeness (QED) is 0.339. The molecule has 11 heteroatoms. The molecular formula is C17H13F3N4O4. The number of hydrogen-bond acceptors (Lipinski definition) is 5. The molecule has 0 heterocycles. The van der Waals surface area contributed by atoms with Gasteiger partial charge in [0.15, 0.2) is 0 Å². The number of nitrogens with one attached hydrogen (secondary N) is 2. The van der Waals surface area contributed by atoms with Crippen molar-refractivity contribution < 1.29 is 27.7 Å².